The summed E-state index contributed by atoms with van der Waals surface area (Å²) in [6, 6.07) is 0. The summed E-state index contributed by atoms with van der Waals surface area (Å²) >= 11 is 0. The summed E-state index contributed by atoms with van der Waals surface area (Å²) < 4.78 is 5.38. The lowest BCUT2D eigenvalue weighted by Crippen LogP contribution is -2.34. The van der Waals surface area contributed by atoms with Crippen molar-refractivity contribution in [1.29, 1.82) is 0 Å². The highest BCUT2D eigenvalue weighted by molar-refractivity contribution is 5.85. The van der Waals surface area contributed by atoms with Crippen molar-refractivity contribution < 1.29 is 19.1 Å². The van der Waals surface area contributed by atoms with Crippen LogP contribution in [0.25, 0.3) is 0 Å². The lowest BCUT2D eigenvalue weighted by atomic mass is 9.95. The van der Waals surface area contributed by atoms with Gasteiger partial charge in [0.15, 0.2) is 0 Å². The van der Waals surface area contributed by atoms with Crippen LogP contribution in [-0.4, -0.2) is 22.0 Å². The number of carboxylic acids is 1. The van der Waals surface area contributed by atoms with Gasteiger partial charge in [-0.2, -0.15) is 0 Å². The van der Waals surface area contributed by atoms with E-state index in [1.807, 2.05) is 6.92 Å². The van der Waals surface area contributed by atoms with Gasteiger partial charge in [-0.15, -0.1) is 0 Å². The molecule has 1 fully saturated rings. The molecule has 0 radical (unpaired) electrons. The number of aromatic nitrogens is 1. The van der Waals surface area contributed by atoms with Gasteiger partial charge in [0.25, 0.3) is 0 Å². The fraction of sp³-hybridized carbons (Fsp3) is 0.615. The van der Waals surface area contributed by atoms with Crippen LogP contribution in [-0.2, 0) is 22.6 Å². The number of rotatable bonds is 5. The number of nitrogens with one attached hydrogen (secondary N) is 1. The Kier molecular flexibility index (Phi) is 4.19. The number of oxazole rings is 1. The fourth-order valence-corrected chi connectivity index (χ4v) is 2.46. The first kappa shape index (κ1) is 13.6. The molecule has 1 aliphatic rings. The minimum Gasteiger partial charge on any atom is -0.481 e. The highest BCUT2D eigenvalue weighted by Gasteiger charge is 2.37. The van der Waals surface area contributed by atoms with Crippen LogP contribution in [0, 0.1) is 11.8 Å². The number of carbonyl (C=O) groups excluding carboxylic acids is 1. The number of hydrogen-bond acceptors (Lipinski definition) is 4. The quantitative estimate of drug-likeness (QED) is 0.839. The van der Waals surface area contributed by atoms with Crippen molar-refractivity contribution in [3.8, 4) is 0 Å². The summed E-state index contributed by atoms with van der Waals surface area (Å²) in [5.74, 6) is -0.874. The Morgan fingerprint density at radius 2 is 2.21 bits per heavy atom. The first-order valence-corrected chi connectivity index (χ1v) is 6.56. The van der Waals surface area contributed by atoms with E-state index in [1.165, 1.54) is 0 Å². The van der Waals surface area contributed by atoms with Crippen LogP contribution in [0.4, 0.5) is 0 Å². The van der Waals surface area contributed by atoms with Crippen molar-refractivity contribution in [3.63, 3.8) is 0 Å². The van der Waals surface area contributed by atoms with Crippen molar-refractivity contribution >= 4 is 11.9 Å². The van der Waals surface area contributed by atoms with Gasteiger partial charge in [-0.25, -0.2) is 4.98 Å². The molecule has 2 atom stereocenters. The maximum atomic E-state index is 12.0. The van der Waals surface area contributed by atoms with Crippen molar-refractivity contribution in [2.75, 3.05) is 0 Å². The summed E-state index contributed by atoms with van der Waals surface area (Å²) in [6.07, 6.45) is 4.39. The van der Waals surface area contributed by atoms with E-state index in [0.29, 0.717) is 18.7 Å². The Hall–Kier alpha value is -1.85. The number of hydrogen-bond donors (Lipinski definition) is 2. The standard InChI is InChI=1S/C13H18N2O4/c1-2-8-6-14-11(19-8)7-15-12(16)9-4-3-5-10(9)13(17)18/h6,9-10H,2-5,7H2,1H3,(H,15,16)(H,17,18). The Morgan fingerprint density at radius 1 is 1.47 bits per heavy atom. The summed E-state index contributed by atoms with van der Waals surface area (Å²) in [6.45, 7) is 2.17. The van der Waals surface area contributed by atoms with E-state index in [2.05, 4.69) is 10.3 Å². The van der Waals surface area contributed by atoms with E-state index in [4.69, 9.17) is 9.52 Å². The smallest absolute Gasteiger partial charge is 0.307 e. The second kappa shape index (κ2) is 5.86. The van der Waals surface area contributed by atoms with Crippen molar-refractivity contribution in [2.24, 2.45) is 11.8 Å². The fourth-order valence-electron chi connectivity index (χ4n) is 2.46. The van der Waals surface area contributed by atoms with Crippen LogP contribution >= 0.6 is 0 Å². The number of carbonyl (C=O) groups is 2. The zero-order valence-corrected chi connectivity index (χ0v) is 10.9. The third kappa shape index (κ3) is 3.13. The van der Waals surface area contributed by atoms with E-state index >= 15 is 0 Å². The first-order valence-electron chi connectivity index (χ1n) is 6.56. The summed E-state index contributed by atoms with van der Waals surface area (Å²) in [4.78, 5) is 27.0. The second-order valence-corrected chi connectivity index (χ2v) is 4.77. The number of nitrogens with zero attached hydrogens (tertiary/aromatic N) is 1. The number of aliphatic carboxylic acids is 1. The lowest BCUT2D eigenvalue weighted by Gasteiger charge is -2.14. The van der Waals surface area contributed by atoms with Crippen LogP contribution in [0.1, 0.15) is 37.8 Å². The van der Waals surface area contributed by atoms with Crippen molar-refractivity contribution in [1.82, 2.24) is 10.3 Å². The molecule has 6 heteroatoms. The summed E-state index contributed by atoms with van der Waals surface area (Å²) in [5.41, 5.74) is 0. The molecule has 6 nitrogen and oxygen atoms in total. The SMILES string of the molecule is CCc1cnc(CNC(=O)C2CCCC2C(=O)O)o1. The predicted molar refractivity (Wildman–Crippen MR) is 66.2 cm³/mol. The molecule has 0 bridgehead atoms. The first-order chi connectivity index (χ1) is 9.11. The minimum absolute atomic E-state index is 0.210. The van der Waals surface area contributed by atoms with Crippen LogP contribution in [0.15, 0.2) is 10.6 Å². The lowest BCUT2D eigenvalue weighted by molar-refractivity contribution is -0.146. The number of carboxylic acid groups (broad SMARTS) is 1. The van der Waals surface area contributed by atoms with Crippen molar-refractivity contribution in [2.45, 2.75) is 39.2 Å². The highest BCUT2D eigenvalue weighted by atomic mass is 16.4. The molecule has 104 valence electrons. The molecule has 1 aliphatic carbocycles. The molecule has 1 aromatic heterocycles. The Labute approximate surface area is 111 Å². The van der Waals surface area contributed by atoms with Crippen molar-refractivity contribution in [3.05, 3.63) is 17.8 Å². The van der Waals surface area contributed by atoms with Gasteiger partial charge >= 0.3 is 5.97 Å². The second-order valence-electron chi connectivity index (χ2n) is 4.77. The zero-order valence-electron chi connectivity index (χ0n) is 10.9. The molecule has 1 saturated carbocycles. The van der Waals surface area contributed by atoms with Crippen LogP contribution in [0.2, 0.25) is 0 Å². The van der Waals surface area contributed by atoms with Gasteiger partial charge in [-0.3, -0.25) is 9.59 Å². The molecule has 0 spiro atoms. The van der Waals surface area contributed by atoms with E-state index in [0.717, 1.165) is 18.6 Å². The topological polar surface area (TPSA) is 92.4 Å². The molecule has 1 heterocycles. The van der Waals surface area contributed by atoms with E-state index in [1.54, 1.807) is 6.20 Å². The summed E-state index contributed by atoms with van der Waals surface area (Å²) in [7, 11) is 0. The predicted octanol–water partition coefficient (Wildman–Crippen LogP) is 1.35. The number of amides is 1. The molecule has 1 aromatic rings. The molecule has 0 saturated heterocycles. The van der Waals surface area contributed by atoms with E-state index in [9.17, 15) is 9.59 Å². The molecule has 0 aromatic carbocycles. The summed E-state index contributed by atoms with van der Waals surface area (Å²) in [5, 5.41) is 11.7. The molecular formula is C13H18N2O4. The monoisotopic (exact) mass is 266 g/mol. The maximum Gasteiger partial charge on any atom is 0.307 e. The largest absolute Gasteiger partial charge is 0.481 e. The Balaban J connectivity index is 1.88. The van der Waals surface area contributed by atoms with Gasteiger partial charge < -0.3 is 14.8 Å². The molecule has 2 N–H and O–H groups in total. The molecule has 2 unspecified atom stereocenters. The average Bonchev–Trinajstić information content (AvgIpc) is 3.04. The highest BCUT2D eigenvalue weighted by Crippen LogP contribution is 2.32. The zero-order chi connectivity index (χ0) is 13.8. The van der Waals surface area contributed by atoms with Gasteiger partial charge in [0.2, 0.25) is 11.8 Å². The van der Waals surface area contributed by atoms with E-state index < -0.39 is 17.8 Å². The van der Waals surface area contributed by atoms with Gasteiger partial charge in [0, 0.05) is 6.42 Å². The molecule has 2 rings (SSSR count). The Bertz CT molecular complexity index is 469. The van der Waals surface area contributed by atoms with Crippen LogP contribution in [0.5, 0.6) is 0 Å². The maximum absolute atomic E-state index is 12.0. The minimum atomic E-state index is -0.887. The van der Waals surface area contributed by atoms with Crippen LogP contribution < -0.4 is 5.32 Å². The third-order valence-corrected chi connectivity index (χ3v) is 3.53. The number of aryl methyl sites for hydroxylation is 1. The van der Waals surface area contributed by atoms with Gasteiger partial charge in [0.05, 0.1) is 24.6 Å². The van der Waals surface area contributed by atoms with Gasteiger partial charge in [-0.1, -0.05) is 13.3 Å². The van der Waals surface area contributed by atoms with Crippen LogP contribution in [0.3, 0.4) is 0 Å². The molecule has 19 heavy (non-hydrogen) atoms. The Morgan fingerprint density at radius 3 is 2.84 bits per heavy atom. The third-order valence-electron chi connectivity index (χ3n) is 3.53. The molecular weight excluding hydrogens is 248 g/mol. The molecule has 1 amide bonds. The van der Waals surface area contributed by atoms with Gasteiger partial charge in [-0.05, 0) is 12.8 Å². The average molecular weight is 266 g/mol. The van der Waals surface area contributed by atoms with E-state index in [-0.39, 0.29) is 12.5 Å². The molecule has 0 aliphatic heterocycles. The normalized spacial score (nSPS) is 22.4. The van der Waals surface area contributed by atoms with Gasteiger partial charge in [0.1, 0.15) is 5.76 Å².